The maximum atomic E-state index is 14.0. The fraction of sp³-hybridized carbons (Fsp3) is 0.366. The molecule has 6 rings (SSSR count). The van der Waals surface area contributed by atoms with Gasteiger partial charge < -0.3 is 9.47 Å². The predicted octanol–water partition coefficient (Wildman–Crippen LogP) is 11.2. The molecule has 0 aromatic heterocycles. The van der Waals surface area contributed by atoms with E-state index in [2.05, 4.69) is 27.7 Å². The van der Waals surface area contributed by atoms with Crippen LogP contribution in [0.2, 0.25) is 0 Å². The average Bonchev–Trinajstić information content (AvgIpc) is 3.07. The molecule has 1 fully saturated rings. The first kappa shape index (κ1) is 33.4. The lowest BCUT2D eigenvalue weighted by Gasteiger charge is -2.36. The van der Waals surface area contributed by atoms with Gasteiger partial charge in [-0.1, -0.05) is 81.9 Å². The van der Waals surface area contributed by atoms with Crippen molar-refractivity contribution in [2.75, 3.05) is 13.2 Å². The molecule has 1 saturated carbocycles. The number of benzene rings is 4. The van der Waals surface area contributed by atoms with Gasteiger partial charge in [-0.2, -0.15) is 0 Å². The minimum Gasteiger partial charge on any atom is -0.494 e. The van der Waals surface area contributed by atoms with Crippen LogP contribution < -0.4 is 9.47 Å². The number of rotatable bonds is 11. The van der Waals surface area contributed by atoms with Crippen LogP contribution in [-0.4, -0.2) is 24.8 Å². The van der Waals surface area contributed by atoms with E-state index in [0.717, 1.165) is 56.4 Å². The molecule has 0 amide bonds. The molecule has 0 heterocycles. The second-order valence-corrected chi connectivity index (χ2v) is 16.0. The van der Waals surface area contributed by atoms with E-state index >= 15 is 0 Å². The van der Waals surface area contributed by atoms with Crippen molar-refractivity contribution in [3.63, 3.8) is 0 Å². The summed E-state index contributed by atoms with van der Waals surface area (Å²) < 4.78 is 12.0. The standard InChI is InChI=1S/C41H44O4S2/c1-5-6-25-44-29-17-21-31(22-18-29)46-35-11-7-9-33-37(35)39(42)34-10-8-12-36(38(34)40(33)43)47-32-23-19-30(20-24-32)45-26-27-13-15-28(16-14-27)41(2,3)4/h7-12,17-24,27-28H,5-6,13-16,25-26H2,1-4H3. The number of carbonyl (C=O) groups is 2. The Hall–Kier alpha value is -3.48. The van der Waals surface area contributed by atoms with E-state index < -0.39 is 0 Å². The maximum Gasteiger partial charge on any atom is 0.195 e. The second-order valence-electron chi connectivity index (χ2n) is 13.8. The van der Waals surface area contributed by atoms with Crippen molar-refractivity contribution < 1.29 is 19.1 Å². The minimum atomic E-state index is -0.111. The lowest BCUT2D eigenvalue weighted by atomic mass is 9.70. The Bertz CT molecular complexity index is 1710. The summed E-state index contributed by atoms with van der Waals surface area (Å²) in [4.78, 5) is 31.5. The van der Waals surface area contributed by atoms with Crippen LogP contribution in [0.4, 0.5) is 0 Å². The molecule has 244 valence electrons. The fourth-order valence-corrected chi connectivity index (χ4v) is 8.51. The highest BCUT2D eigenvalue weighted by atomic mass is 32.2. The van der Waals surface area contributed by atoms with Gasteiger partial charge in [0.1, 0.15) is 11.5 Å². The number of hydrogen-bond donors (Lipinski definition) is 0. The zero-order valence-electron chi connectivity index (χ0n) is 27.8. The third-order valence-corrected chi connectivity index (χ3v) is 11.6. The van der Waals surface area contributed by atoms with Gasteiger partial charge >= 0.3 is 0 Å². The third-order valence-electron chi connectivity index (χ3n) is 9.42. The van der Waals surface area contributed by atoms with Crippen LogP contribution >= 0.6 is 23.5 Å². The summed E-state index contributed by atoms with van der Waals surface area (Å²) in [5.41, 5.74) is 2.27. The molecule has 0 unspecified atom stereocenters. The lowest BCUT2D eigenvalue weighted by molar-refractivity contribution is 0.0974. The Labute approximate surface area is 288 Å². The molecule has 4 nitrogen and oxygen atoms in total. The third kappa shape index (κ3) is 7.81. The second kappa shape index (κ2) is 14.7. The molecule has 0 N–H and O–H groups in total. The SMILES string of the molecule is CCCCOc1ccc(Sc2cccc3c2C(=O)c2cccc(Sc4ccc(OCC5CCC(C(C)(C)C)CC5)cc4)c2C3=O)cc1. The zero-order valence-corrected chi connectivity index (χ0v) is 29.5. The number of unbranched alkanes of at least 4 members (excludes halogenated alkanes) is 1. The fourth-order valence-electron chi connectivity index (χ4n) is 6.55. The van der Waals surface area contributed by atoms with Gasteiger partial charge in [0, 0.05) is 41.8 Å². The number of ether oxygens (including phenoxy) is 2. The van der Waals surface area contributed by atoms with E-state index in [1.807, 2.05) is 72.8 Å². The van der Waals surface area contributed by atoms with E-state index in [9.17, 15) is 9.59 Å². The van der Waals surface area contributed by atoms with Crippen LogP contribution in [0.3, 0.4) is 0 Å². The first-order valence-corrected chi connectivity index (χ1v) is 18.5. The largest absolute Gasteiger partial charge is 0.494 e. The van der Waals surface area contributed by atoms with Gasteiger partial charge in [0.2, 0.25) is 0 Å². The van der Waals surface area contributed by atoms with Crippen LogP contribution in [0.5, 0.6) is 11.5 Å². The summed E-state index contributed by atoms with van der Waals surface area (Å²) in [5.74, 6) is 2.89. The molecule has 47 heavy (non-hydrogen) atoms. The molecule has 0 spiro atoms. The highest BCUT2D eigenvalue weighted by molar-refractivity contribution is 7.99. The molecular weight excluding hydrogens is 621 g/mol. The summed E-state index contributed by atoms with van der Waals surface area (Å²) in [6.45, 7) is 10.7. The first-order valence-electron chi connectivity index (χ1n) is 16.9. The van der Waals surface area contributed by atoms with Crippen molar-refractivity contribution >= 4 is 35.1 Å². The van der Waals surface area contributed by atoms with Gasteiger partial charge in [-0.25, -0.2) is 0 Å². The van der Waals surface area contributed by atoms with Gasteiger partial charge in [0.25, 0.3) is 0 Å². The molecule has 2 aliphatic rings. The van der Waals surface area contributed by atoms with Crippen LogP contribution in [0.15, 0.2) is 105 Å². The van der Waals surface area contributed by atoms with E-state index in [-0.39, 0.29) is 11.6 Å². The van der Waals surface area contributed by atoms with Crippen LogP contribution in [0, 0.1) is 17.3 Å². The Balaban J connectivity index is 1.13. The number of carbonyl (C=O) groups excluding carboxylic acids is 2. The van der Waals surface area contributed by atoms with Gasteiger partial charge in [0.05, 0.1) is 13.2 Å². The Morgan fingerprint density at radius 2 is 1.15 bits per heavy atom. The smallest absolute Gasteiger partial charge is 0.195 e. The summed E-state index contributed by atoms with van der Waals surface area (Å²) in [7, 11) is 0. The lowest BCUT2D eigenvalue weighted by Crippen LogP contribution is -2.27. The van der Waals surface area contributed by atoms with Crippen molar-refractivity contribution in [2.45, 2.75) is 85.8 Å². The molecule has 0 aliphatic heterocycles. The van der Waals surface area contributed by atoms with E-state index in [1.165, 1.54) is 49.2 Å². The molecule has 4 aromatic carbocycles. The molecule has 4 aromatic rings. The number of hydrogen-bond acceptors (Lipinski definition) is 6. The molecule has 0 saturated heterocycles. The quantitative estimate of drug-likeness (QED) is 0.131. The predicted molar refractivity (Wildman–Crippen MR) is 192 cm³/mol. The Morgan fingerprint density at radius 3 is 1.62 bits per heavy atom. The summed E-state index contributed by atoms with van der Waals surface area (Å²) in [5, 5.41) is 0. The van der Waals surface area contributed by atoms with Crippen molar-refractivity contribution in [1.29, 1.82) is 0 Å². The maximum absolute atomic E-state index is 14.0. The van der Waals surface area contributed by atoms with Crippen molar-refractivity contribution in [2.24, 2.45) is 17.3 Å². The van der Waals surface area contributed by atoms with E-state index in [1.54, 1.807) is 12.1 Å². The number of ketones is 2. The summed E-state index contributed by atoms with van der Waals surface area (Å²) in [6, 6.07) is 27.1. The molecule has 6 heteroatoms. The van der Waals surface area contributed by atoms with Crippen LogP contribution in [0.25, 0.3) is 0 Å². The molecule has 0 bridgehead atoms. The zero-order chi connectivity index (χ0) is 33.0. The van der Waals surface area contributed by atoms with E-state index in [4.69, 9.17) is 9.47 Å². The van der Waals surface area contributed by atoms with Gasteiger partial charge in [-0.15, -0.1) is 0 Å². The average molecular weight is 665 g/mol. The molecule has 0 atom stereocenters. The summed E-state index contributed by atoms with van der Waals surface area (Å²) in [6.07, 6.45) is 7.13. The van der Waals surface area contributed by atoms with Crippen molar-refractivity contribution in [3.05, 3.63) is 107 Å². The topological polar surface area (TPSA) is 52.6 Å². The van der Waals surface area contributed by atoms with Crippen molar-refractivity contribution in [1.82, 2.24) is 0 Å². The van der Waals surface area contributed by atoms with Gasteiger partial charge in [0.15, 0.2) is 11.6 Å². The van der Waals surface area contributed by atoms with Gasteiger partial charge in [-0.3, -0.25) is 9.59 Å². The highest BCUT2D eigenvalue weighted by Gasteiger charge is 2.34. The summed E-state index contributed by atoms with van der Waals surface area (Å²) >= 11 is 3.01. The van der Waals surface area contributed by atoms with Gasteiger partial charge in [-0.05, 0) is 110 Å². The molecular formula is C41H44O4S2. The monoisotopic (exact) mass is 664 g/mol. The Kier molecular flexibility index (Phi) is 10.5. The number of fused-ring (bicyclic) bond motifs is 2. The first-order chi connectivity index (χ1) is 22.7. The van der Waals surface area contributed by atoms with E-state index in [0.29, 0.717) is 40.2 Å². The van der Waals surface area contributed by atoms with Crippen molar-refractivity contribution in [3.8, 4) is 11.5 Å². The normalized spacial score (nSPS) is 17.6. The van der Waals surface area contributed by atoms with Crippen LogP contribution in [-0.2, 0) is 0 Å². The van der Waals surface area contributed by atoms with Crippen LogP contribution in [0.1, 0.15) is 98.1 Å². The highest BCUT2D eigenvalue weighted by Crippen LogP contribution is 2.42. The minimum absolute atomic E-state index is 0.110. The Morgan fingerprint density at radius 1 is 0.660 bits per heavy atom. The molecule has 0 radical (unpaired) electrons. The molecule has 2 aliphatic carbocycles.